The van der Waals surface area contributed by atoms with Crippen molar-refractivity contribution in [2.75, 3.05) is 5.32 Å². The molecule has 0 fully saturated rings. The largest absolute Gasteiger partial charge is 0.457 e. The van der Waals surface area contributed by atoms with Gasteiger partial charge in [-0.05, 0) is 85.6 Å². The van der Waals surface area contributed by atoms with Gasteiger partial charge in [-0.2, -0.15) is 0 Å². The van der Waals surface area contributed by atoms with Crippen molar-refractivity contribution in [2.24, 2.45) is 0 Å². The van der Waals surface area contributed by atoms with E-state index in [9.17, 15) is 4.79 Å². The van der Waals surface area contributed by atoms with Gasteiger partial charge in [0.1, 0.15) is 17.0 Å². The summed E-state index contributed by atoms with van der Waals surface area (Å²) in [6.07, 6.45) is 2.99. The summed E-state index contributed by atoms with van der Waals surface area (Å²) in [5.74, 6) is 1.28. The number of carbonyl (C=O) groups excluding carboxylic acids is 1. The quantitative estimate of drug-likeness (QED) is 0.245. The number of furan rings is 1. The van der Waals surface area contributed by atoms with Gasteiger partial charge in [-0.3, -0.25) is 4.79 Å². The SMILES string of the molecule is Cc1cc(C)c2oc(-c3cccc(NC(=O)/C=C/c4ccc(-c5cc(Cl)ccc5Cl)o4)c3)nc2c1. The maximum atomic E-state index is 12.5. The molecule has 0 aliphatic rings. The molecule has 2 heterocycles. The summed E-state index contributed by atoms with van der Waals surface area (Å²) in [6.45, 7) is 4.03. The minimum atomic E-state index is -0.301. The van der Waals surface area contributed by atoms with Crippen LogP contribution in [0.25, 0.3) is 40.0 Å². The van der Waals surface area contributed by atoms with Crippen LogP contribution in [0.1, 0.15) is 16.9 Å². The number of amides is 1. The third-order valence-corrected chi connectivity index (χ3v) is 5.98. The second-order valence-corrected chi connectivity index (χ2v) is 9.02. The smallest absolute Gasteiger partial charge is 0.248 e. The molecule has 1 N–H and O–H groups in total. The maximum Gasteiger partial charge on any atom is 0.248 e. The van der Waals surface area contributed by atoms with E-state index in [-0.39, 0.29) is 5.91 Å². The Morgan fingerprint density at radius 3 is 2.69 bits per heavy atom. The fourth-order valence-electron chi connectivity index (χ4n) is 3.85. The second kappa shape index (κ2) is 9.45. The van der Waals surface area contributed by atoms with Crippen LogP contribution in [0, 0.1) is 13.8 Å². The number of nitrogens with one attached hydrogen (secondary N) is 1. The molecule has 3 aromatic carbocycles. The summed E-state index contributed by atoms with van der Waals surface area (Å²) in [5.41, 5.74) is 5.82. The number of fused-ring (bicyclic) bond motifs is 1. The van der Waals surface area contributed by atoms with Gasteiger partial charge in [-0.25, -0.2) is 4.98 Å². The lowest BCUT2D eigenvalue weighted by Crippen LogP contribution is -2.07. The molecule has 0 bridgehead atoms. The average molecular weight is 503 g/mol. The summed E-state index contributed by atoms with van der Waals surface area (Å²) < 4.78 is 11.8. The number of nitrogens with zero attached hydrogens (tertiary/aromatic N) is 1. The van der Waals surface area contributed by atoms with Gasteiger partial charge < -0.3 is 14.2 Å². The fraction of sp³-hybridized carbons (Fsp3) is 0.0714. The Kier molecular flexibility index (Phi) is 6.20. The topological polar surface area (TPSA) is 68.3 Å². The van der Waals surface area contributed by atoms with E-state index in [1.165, 1.54) is 6.08 Å². The molecule has 0 aliphatic carbocycles. The molecule has 0 atom stereocenters. The Morgan fingerprint density at radius 1 is 0.971 bits per heavy atom. The van der Waals surface area contributed by atoms with Crippen LogP contribution >= 0.6 is 23.2 Å². The van der Waals surface area contributed by atoms with Crippen LogP contribution in [0.15, 0.2) is 81.6 Å². The van der Waals surface area contributed by atoms with Crippen LogP contribution in [0.5, 0.6) is 0 Å². The molecule has 0 saturated heterocycles. The number of aromatic nitrogens is 1. The van der Waals surface area contributed by atoms with Crippen LogP contribution in [0.3, 0.4) is 0 Å². The van der Waals surface area contributed by atoms with Gasteiger partial charge in [0, 0.05) is 27.9 Å². The zero-order chi connectivity index (χ0) is 24.5. The molecule has 0 spiro atoms. The molecule has 35 heavy (non-hydrogen) atoms. The second-order valence-electron chi connectivity index (χ2n) is 8.18. The zero-order valence-electron chi connectivity index (χ0n) is 18.9. The highest BCUT2D eigenvalue weighted by molar-refractivity contribution is 6.35. The van der Waals surface area contributed by atoms with Crippen LogP contribution in [-0.2, 0) is 4.79 Å². The first kappa shape index (κ1) is 23.0. The lowest BCUT2D eigenvalue weighted by atomic mass is 10.1. The lowest BCUT2D eigenvalue weighted by molar-refractivity contribution is -0.111. The Morgan fingerprint density at radius 2 is 1.83 bits per heavy atom. The minimum absolute atomic E-state index is 0.301. The van der Waals surface area contributed by atoms with E-state index in [1.54, 1.807) is 42.5 Å². The molecule has 2 aromatic heterocycles. The standard InChI is InChI=1S/C28H20Cl2N2O3/c1-16-12-17(2)27-24(13-16)32-28(35-27)18-4-3-5-20(14-18)31-26(33)11-8-21-7-10-25(34-21)22-15-19(29)6-9-23(22)30/h3-15H,1-2H3,(H,31,33)/b11-8+. The fourth-order valence-corrected chi connectivity index (χ4v) is 4.23. The molecule has 7 heteroatoms. The van der Waals surface area contributed by atoms with Crippen molar-refractivity contribution in [1.82, 2.24) is 4.98 Å². The van der Waals surface area contributed by atoms with Gasteiger partial charge in [0.05, 0.1) is 5.02 Å². The van der Waals surface area contributed by atoms with Crippen LogP contribution < -0.4 is 5.32 Å². The Bertz CT molecular complexity index is 1600. The van der Waals surface area contributed by atoms with Crippen molar-refractivity contribution < 1.29 is 13.6 Å². The van der Waals surface area contributed by atoms with Crippen molar-refractivity contribution in [3.8, 4) is 22.8 Å². The van der Waals surface area contributed by atoms with Gasteiger partial charge in [-0.15, -0.1) is 0 Å². The molecule has 5 aromatic rings. The molecule has 0 unspecified atom stereocenters. The number of benzene rings is 3. The number of hydrogen-bond donors (Lipinski definition) is 1. The van der Waals surface area contributed by atoms with E-state index in [4.69, 9.17) is 32.0 Å². The first-order valence-corrected chi connectivity index (χ1v) is 11.6. The Labute approximate surface area is 212 Å². The van der Waals surface area contributed by atoms with E-state index >= 15 is 0 Å². The number of anilines is 1. The maximum absolute atomic E-state index is 12.5. The highest BCUT2D eigenvalue weighted by atomic mass is 35.5. The number of halogens is 2. The summed E-state index contributed by atoms with van der Waals surface area (Å²) >= 11 is 12.3. The van der Waals surface area contributed by atoms with Gasteiger partial charge in [-0.1, -0.05) is 35.3 Å². The molecule has 1 amide bonds. The number of carbonyl (C=O) groups is 1. The lowest BCUT2D eigenvalue weighted by Gasteiger charge is -2.03. The molecule has 0 aliphatic heterocycles. The monoisotopic (exact) mass is 502 g/mol. The number of oxazole rings is 1. The molecular weight excluding hydrogens is 483 g/mol. The van der Waals surface area contributed by atoms with Crippen LogP contribution in [0.2, 0.25) is 10.0 Å². The predicted octanol–water partition coefficient (Wildman–Crippen LogP) is 8.33. The number of rotatable bonds is 5. The van der Waals surface area contributed by atoms with Crippen LogP contribution in [0.4, 0.5) is 5.69 Å². The van der Waals surface area contributed by atoms with Crippen molar-refractivity contribution in [1.29, 1.82) is 0 Å². The van der Waals surface area contributed by atoms with E-state index in [0.717, 1.165) is 27.8 Å². The molecule has 5 rings (SSSR count). The summed E-state index contributed by atoms with van der Waals surface area (Å²) in [5, 5.41) is 3.94. The van der Waals surface area contributed by atoms with E-state index in [2.05, 4.69) is 16.4 Å². The molecule has 174 valence electrons. The zero-order valence-corrected chi connectivity index (χ0v) is 20.4. The number of hydrogen-bond acceptors (Lipinski definition) is 4. The highest BCUT2D eigenvalue weighted by Gasteiger charge is 2.12. The number of aryl methyl sites for hydroxylation is 2. The third kappa shape index (κ3) is 5.02. The average Bonchev–Trinajstić information content (AvgIpc) is 3.47. The van der Waals surface area contributed by atoms with Crippen molar-refractivity contribution >= 4 is 52.0 Å². The van der Waals surface area contributed by atoms with Crippen LogP contribution in [-0.4, -0.2) is 10.9 Å². The molecular formula is C28H20Cl2N2O3. The van der Waals surface area contributed by atoms with E-state index in [1.807, 2.05) is 38.1 Å². The van der Waals surface area contributed by atoms with Gasteiger partial charge in [0.2, 0.25) is 11.8 Å². The van der Waals surface area contributed by atoms with Gasteiger partial charge in [0.25, 0.3) is 0 Å². The molecule has 5 nitrogen and oxygen atoms in total. The predicted molar refractivity (Wildman–Crippen MR) is 141 cm³/mol. The molecule has 0 radical (unpaired) electrons. The van der Waals surface area contributed by atoms with Crippen molar-refractivity contribution in [3.63, 3.8) is 0 Å². The minimum Gasteiger partial charge on any atom is -0.457 e. The van der Waals surface area contributed by atoms with Gasteiger partial charge in [0.15, 0.2) is 5.58 Å². The Balaban J connectivity index is 1.31. The van der Waals surface area contributed by atoms with Crippen molar-refractivity contribution in [3.05, 3.63) is 99.7 Å². The normalized spacial score (nSPS) is 11.4. The third-order valence-electron chi connectivity index (χ3n) is 5.42. The van der Waals surface area contributed by atoms with Crippen molar-refractivity contribution in [2.45, 2.75) is 13.8 Å². The summed E-state index contributed by atoms with van der Waals surface area (Å²) in [7, 11) is 0. The Hall–Kier alpha value is -3.80. The van der Waals surface area contributed by atoms with Gasteiger partial charge >= 0.3 is 0 Å². The summed E-state index contributed by atoms with van der Waals surface area (Å²) in [4.78, 5) is 17.1. The van der Waals surface area contributed by atoms with E-state index in [0.29, 0.717) is 38.7 Å². The first-order valence-electron chi connectivity index (χ1n) is 10.9. The highest BCUT2D eigenvalue weighted by Crippen LogP contribution is 2.32. The first-order chi connectivity index (χ1) is 16.9. The molecule has 0 saturated carbocycles. The van der Waals surface area contributed by atoms with E-state index < -0.39 is 0 Å². The summed E-state index contributed by atoms with van der Waals surface area (Å²) in [6, 6.07) is 20.1.